The van der Waals surface area contributed by atoms with E-state index in [1.807, 2.05) is 37.3 Å². The third-order valence-corrected chi connectivity index (χ3v) is 3.62. The monoisotopic (exact) mass is 247 g/mol. The maximum atomic E-state index is 12.3. The Morgan fingerprint density at radius 3 is 2.61 bits per heavy atom. The van der Waals surface area contributed by atoms with E-state index < -0.39 is 0 Å². The Labute approximate surface area is 108 Å². The molecule has 1 aliphatic rings. The zero-order valence-corrected chi connectivity index (χ0v) is 10.9. The van der Waals surface area contributed by atoms with Crippen molar-refractivity contribution in [3.8, 4) is 0 Å². The minimum absolute atomic E-state index is 0.0238. The lowest BCUT2D eigenvalue weighted by Gasteiger charge is -2.25. The van der Waals surface area contributed by atoms with Gasteiger partial charge in [0.2, 0.25) is 5.91 Å². The van der Waals surface area contributed by atoms with Crippen molar-refractivity contribution in [2.45, 2.75) is 26.3 Å². The van der Waals surface area contributed by atoms with Gasteiger partial charge in [0.25, 0.3) is 0 Å². The van der Waals surface area contributed by atoms with E-state index in [1.165, 1.54) is 12.8 Å². The van der Waals surface area contributed by atoms with Gasteiger partial charge in [0.05, 0.1) is 6.61 Å². The van der Waals surface area contributed by atoms with Gasteiger partial charge in [0, 0.05) is 19.0 Å². The van der Waals surface area contributed by atoms with Gasteiger partial charge in [-0.2, -0.15) is 0 Å². The first-order valence-corrected chi connectivity index (χ1v) is 6.66. The van der Waals surface area contributed by atoms with Crippen LogP contribution in [0, 0.1) is 11.8 Å². The fraction of sp³-hybridized carbons (Fsp3) is 0.533. The Bertz CT molecular complexity index is 387. The maximum Gasteiger partial charge on any atom is 0.226 e. The van der Waals surface area contributed by atoms with Crippen LogP contribution in [0.2, 0.25) is 0 Å². The smallest absolute Gasteiger partial charge is 0.226 e. The lowest BCUT2D eigenvalue weighted by atomic mass is 10.0. The predicted molar refractivity (Wildman–Crippen MR) is 70.8 cm³/mol. The van der Waals surface area contributed by atoms with E-state index in [2.05, 4.69) is 0 Å². The van der Waals surface area contributed by atoms with E-state index in [0.717, 1.165) is 5.56 Å². The molecule has 0 bridgehead atoms. The average molecular weight is 247 g/mol. The van der Waals surface area contributed by atoms with Crippen molar-refractivity contribution in [2.24, 2.45) is 11.8 Å². The first-order valence-electron chi connectivity index (χ1n) is 6.66. The summed E-state index contributed by atoms with van der Waals surface area (Å²) in [6.45, 7) is 3.05. The highest BCUT2D eigenvalue weighted by molar-refractivity contribution is 5.79. The van der Waals surface area contributed by atoms with Gasteiger partial charge in [-0.15, -0.1) is 0 Å². The van der Waals surface area contributed by atoms with Crippen molar-refractivity contribution in [1.82, 2.24) is 4.90 Å². The Morgan fingerprint density at radius 2 is 2.06 bits per heavy atom. The molecule has 18 heavy (non-hydrogen) atoms. The molecule has 1 amide bonds. The van der Waals surface area contributed by atoms with Crippen LogP contribution >= 0.6 is 0 Å². The van der Waals surface area contributed by atoms with Gasteiger partial charge < -0.3 is 10.0 Å². The highest BCUT2D eigenvalue weighted by atomic mass is 16.3. The highest BCUT2D eigenvalue weighted by Crippen LogP contribution is 2.37. The molecule has 1 aliphatic carbocycles. The summed E-state index contributed by atoms with van der Waals surface area (Å²) in [5, 5.41) is 9.11. The number of amides is 1. The van der Waals surface area contributed by atoms with Crippen molar-refractivity contribution in [1.29, 1.82) is 0 Å². The summed E-state index contributed by atoms with van der Waals surface area (Å²) < 4.78 is 0. The molecule has 1 N–H and O–H groups in total. The summed E-state index contributed by atoms with van der Waals surface area (Å²) >= 11 is 0. The van der Waals surface area contributed by atoms with Crippen LogP contribution in [0.25, 0.3) is 0 Å². The van der Waals surface area contributed by atoms with Crippen LogP contribution in [-0.4, -0.2) is 29.1 Å². The van der Waals surface area contributed by atoms with Crippen LogP contribution in [-0.2, 0) is 11.3 Å². The van der Waals surface area contributed by atoms with Crippen LogP contribution in [0.4, 0.5) is 0 Å². The van der Waals surface area contributed by atoms with E-state index >= 15 is 0 Å². The molecule has 3 heteroatoms. The molecule has 1 fully saturated rings. The fourth-order valence-electron chi connectivity index (χ4n) is 2.28. The molecule has 2 rings (SSSR count). The number of aliphatic hydroxyl groups is 1. The van der Waals surface area contributed by atoms with Gasteiger partial charge in [-0.1, -0.05) is 37.3 Å². The van der Waals surface area contributed by atoms with E-state index in [1.54, 1.807) is 4.90 Å². The van der Waals surface area contributed by atoms with E-state index in [-0.39, 0.29) is 18.4 Å². The summed E-state index contributed by atoms with van der Waals surface area (Å²) in [5.74, 6) is 0.838. The zero-order chi connectivity index (χ0) is 13.0. The summed E-state index contributed by atoms with van der Waals surface area (Å²) in [7, 11) is 0. The Kier molecular flexibility index (Phi) is 4.37. The summed E-state index contributed by atoms with van der Waals surface area (Å²) in [6, 6.07) is 9.94. The Hall–Kier alpha value is -1.35. The fourth-order valence-corrected chi connectivity index (χ4v) is 2.28. The molecule has 1 unspecified atom stereocenters. The van der Waals surface area contributed by atoms with Gasteiger partial charge in [-0.05, 0) is 24.3 Å². The first-order chi connectivity index (χ1) is 8.72. The molecule has 1 aromatic rings. The van der Waals surface area contributed by atoms with Crippen molar-refractivity contribution >= 4 is 5.91 Å². The quantitative estimate of drug-likeness (QED) is 0.836. The van der Waals surface area contributed by atoms with E-state index in [9.17, 15) is 4.79 Å². The number of aliphatic hydroxyl groups excluding tert-OH is 1. The van der Waals surface area contributed by atoms with Gasteiger partial charge in [-0.3, -0.25) is 4.79 Å². The van der Waals surface area contributed by atoms with E-state index in [0.29, 0.717) is 19.0 Å². The molecule has 0 saturated heterocycles. The molecule has 0 aromatic heterocycles. The second kappa shape index (κ2) is 6.01. The lowest BCUT2D eigenvalue weighted by molar-refractivity contribution is -0.136. The van der Waals surface area contributed by atoms with Crippen molar-refractivity contribution in [2.75, 3.05) is 13.2 Å². The number of carbonyl (C=O) groups excluding carboxylic acids is 1. The predicted octanol–water partition coefficient (Wildman–Crippen LogP) is 2.05. The normalized spacial score (nSPS) is 16.3. The summed E-state index contributed by atoms with van der Waals surface area (Å²) in [4.78, 5) is 14.1. The summed E-state index contributed by atoms with van der Waals surface area (Å²) in [6.07, 6.45) is 2.34. The van der Waals surface area contributed by atoms with Crippen molar-refractivity contribution in [3.63, 3.8) is 0 Å². The van der Waals surface area contributed by atoms with Crippen LogP contribution in [0.3, 0.4) is 0 Å². The molecule has 0 spiro atoms. The minimum atomic E-state index is 0.0238. The molecular weight excluding hydrogens is 226 g/mol. The number of hydrogen-bond donors (Lipinski definition) is 1. The topological polar surface area (TPSA) is 40.5 Å². The molecule has 3 nitrogen and oxygen atoms in total. The second-order valence-corrected chi connectivity index (χ2v) is 5.10. The molecule has 0 aliphatic heterocycles. The summed E-state index contributed by atoms with van der Waals surface area (Å²) in [5.41, 5.74) is 1.11. The maximum absolute atomic E-state index is 12.3. The molecule has 1 saturated carbocycles. The zero-order valence-electron chi connectivity index (χ0n) is 10.9. The molecular formula is C15H21NO2. The van der Waals surface area contributed by atoms with Gasteiger partial charge in [0.15, 0.2) is 0 Å². The van der Waals surface area contributed by atoms with E-state index in [4.69, 9.17) is 5.11 Å². The Morgan fingerprint density at radius 1 is 1.39 bits per heavy atom. The van der Waals surface area contributed by atoms with Crippen molar-refractivity contribution in [3.05, 3.63) is 35.9 Å². The van der Waals surface area contributed by atoms with Crippen LogP contribution in [0.5, 0.6) is 0 Å². The Balaban J connectivity index is 2.00. The molecule has 1 atom stereocenters. The second-order valence-electron chi connectivity index (χ2n) is 5.10. The standard InChI is InChI=1S/C15H21NO2/c1-12(14-7-8-14)15(18)16(9-10-17)11-13-5-3-2-4-6-13/h2-6,12,14,17H,7-11H2,1H3. The largest absolute Gasteiger partial charge is 0.395 e. The van der Waals surface area contributed by atoms with Gasteiger partial charge in [0.1, 0.15) is 0 Å². The van der Waals surface area contributed by atoms with Crippen molar-refractivity contribution < 1.29 is 9.90 Å². The van der Waals surface area contributed by atoms with Crippen LogP contribution in [0.1, 0.15) is 25.3 Å². The number of benzene rings is 1. The average Bonchev–Trinajstić information content (AvgIpc) is 3.22. The molecule has 0 heterocycles. The van der Waals surface area contributed by atoms with Crippen LogP contribution in [0.15, 0.2) is 30.3 Å². The van der Waals surface area contributed by atoms with Gasteiger partial charge in [-0.25, -0.2) is 0 Å². The molecule has 1 aromatic carbocycles. The lowest BCUT2D eigenvalue weighted by Crippen LogP contribution is -2.37. The van der Waals surface area contributed by atoms with Crippen LogP contribution < -0.4 is 0 Å². The number of nitrogens with zero attached hydrogens (tertiary/aromatic N) is 1. The van der Waals surface area contributed by atoms with Gasteiger partial charge >= 0.3 is 0 Å². The third-order valence-electron chi connectivity index (χ3n) is 3.62. The minimum Gasteiger partial charge on any atom is -0.395 e. The first kappa shape index (κ1) is 13.1. The molecule has 98 valence electrons. The third kappa shape index (κ3) is 3.33. The highest BCUT2D eigenvalue weighted by Gasteiger charge is 2.34. The number of carbonyl (C=O) groups is 1. The SMILES string of the molecule is CC(C(=O)N(CCO)Cc1ccccc1)C1CC1. The number of rotatable bonds is 6. The molecule has 0 radical (unpaired) electrons. The number of hydrogen-bond acceptors (Lipinski definition) is 2.